The van der Waals surface area contributed by atoms with Crippen molar-refractivity contribution in [1.82, 2.24) is 9.21 Å². The highest BCUT2D eigenvalue weighted by Gasteiger charge is 2.54. The van der Waals surface area contributed by atoms with Crippen LogP contribution in [0.2, 0.25) is 0 Å². The molecule has 29 heavy (non-hydrogen) atoms. The predicted molar refractivity (Wildman–Crippen MR) is 114 cm³/mol. The van der Waals surface area contributed by atoms with E-state index in [1.165, 1.54) is 0 Å². The lowest BCUT2D eigenvalue weighted by atomic mass is 9.60. The quantitative estimate of drug-likeness (QED) is 0.739. The lowest BCUT2D eigenvalue weighted by Gasteiger charge is -2.44. The minimum absolute atomic E-state index is 0.0217. The number of hydrogen-bond donors (Lipinski definition) is 0. The van der Waals surface area contributed by atoms with E-state index in [0.29, 0.717) is 29.1 Å². The topological polar surface area (TPSA) is 57.7 Å². The highest BCUT2D eigenvalue weighted by molar-refractivity contribution is 7.89. The molecule has 2 atom stereocenters. The molecule has 5 nitrogen and oxygen atoms in total. The van der Waals surface area contributed by atoms with Gasteiger partial charge >= 0.3 is 0 Å². The summed E-state index contributed by atoms with van der Waals surface area (Å²) < 4.78 is 28.0. The maximum Gasteiger partial charge on any atom is 0.254 e. The molecule has 2 aliphatic heterocycles. The third kappa shape index (κ3) is 3.42. The van der Waals surface area contributed by atoms with E-state index in [2.05, 4.69) is 20.8 Å². The first kappa shape index (κ1) is 20.9. The number of rotatable bonds is 3. The fourth-order valence-electron chi connectivity index (χ4n) is 5.44. The van der Waals surface area contributed by atoms with E-state index < -0.39 is 10.0 Å². The highest BCUT2D eigenvalue weighted by atomic mass is 32.2. The average molecular weight is 419 g/mol. The van der Waals surface area contributed by atoms with Gasteiger partial charge in [0, 0.05) is 31.2 Å². The van der Waals surface area contributed by atoms with E-state index in [0.717, 1.165) is 45.1 Å². The van der Waals surface area contributed by atoms with Crippen LogP contribution in [0.25, 0.3) is 0 Å². The smallest absolute Gasteiger partial charge is 0.254 e. The molecular formula is C23H34N2O3S. The van der Waals surface area contributed by atoms with E-state index in [1.54, 1.807) is 22.5 Å². The van der Waals surface area contributed by atoms with Gasteiger partial charge in [0.25, 0.3) is 5.91 Å². The molecule has 1 saturated carbocycles. The number of hydrogen-bond acceptors (Lipinski definition) is 3. The van der Waals surface area contributed by atoms with Crippen molar-refractivity contribution in [1.29, 1.82) is 0 Å². The number of sulfonamides is 1. The molecular weight excluding hydrogens is 384 g/mol. The summed E-state index contributed by atoms with van der Waals surface area (Å²) in [5, 5.41) is 0. The van der Waals surface area contributed by atoms with Gasteiger partial charge in [-0.1, -0.05) is 33.3 Å². The van der Waals surface area contributed by atoms with Crippen LogP contribution in [0.15, 0.2) is 23.1 Å². The predicted octanol–water partition coefficient (Wildman–Crippen LogP) is 4.21. The zero-order chi connectivity index (χ0) is 21.0. The van der Waals surface area contributed by atoms with Crippen LogP contribution >= 0.6 is 0 Å². The molecule has 4 rings (SSSR count). The van der Waals surface area contributed by atoms with Crippen molar-refractivity contribution in [3.63, 3.8) is 0 Å². The number of benzene rings is 1. The van der Waals surface area contributed by atoms with Gasteiger partial charge in [-0.3, -0.25) is 4.79 Å². The van der Waals surface area contributed by atoms with Crippen LogP contribution in [-0.4, -0.2) is 49.2 Å². The molecule has 0 spiro atoms. The van der Waals surface area contributed by atoms with E-state index in [1.807, 2.05) is 11.8 Å². The summed E-state index contributed by atoms with van der Waals surface area (Å²) in [4.78, 5) is 15.7. The molecule has 6 heteroatoms. The van der Waals surface area contributed by atoms with Gasteiger partial charge < -0.3 is 4.90 Å². The number of fused-ring (bicyclic) bond motifs is 2. The number of nitrogens with zero attached hydrogens (tertiary/aromatic N) is 2. The van der Waals surface area contributed by atoms with Gasteiger partial charge in [-0.05, 0) is 67.6 Å². The minimum Gasteiger partial charge on any atom is -0.335 e. The second kappa shape index (κ2) is 7.09. The normalized spacial score (nSPS) is 29.8. The largest absolute Gasteiger partial charge is 0.335 e. The van der Waals surface area contributed by atoms with Crippen LogP contribution in [-0.2, 0) is 10.0 Å². The zero-order valence-corrected chi connectivity index (χ0v) is 19.0. The molecule has 2 saturated heterocycles. The number of carbonyl (C=O) groups is 1. The van der Waals surface area contributed by atoms with Gasteiger partial charge in [-0.15, -0.1) is 0 Å². The Labute approximate surface area is 175 Å². The standard InChI is InChI=1S/C23H34N2O3S/c1-17-8-9-18(14-20(17)29(27,28)24-12-6-5-7-13-24)21(26)25-16-23(4)15-19(25)10-11-22(23,2)3/h8-9,14,19H,5-7,10-13,15-16H2,1-4H3/t19-,23+/m0/s1. The molecule has 1 aromatic carbocycles. The average Bonchev–Trinajstić information content (AvgIpc) is 3.01. The summed E-state index contributed by atoms with van der Waals surface area (Å²) in [5.41, 5.74) is 1.55. The van der Waals surface area contributed by atoms with Crippen LogP contribution in [0.1, 0.15) is 75.2 Å². The van der Waals surface area contributed by atoms with E-state index in [-0.39, 0.29) is 22.8 Å². The van der Waals surface area contributed by atoms with Gasteiger partial charge in [0.15, 0.2) is 0 Å². The lowest BCUT2D eigenvalue weighted by Crippen LogP contribution is -2.38. The van der Waals surface area contributed by atoms with E-state index in [9.17, 15) is 13.2 Å². The minimum atomic E-state index is -3.56. The Morgan fingerprint density at radius 1 is 1.10 bits per heavy atom. The summed E-state index contributed by atoms with van der Waals surface area (Å²) in [6.45, 7) is 10.6. The van der Waals surface area contributed by atoms with E-state index >= 15 is 0 Å². The second-order valence-corrected chi connectivity index (χ2v) is 12.1. The van der Waals surface area contributed by atoms with Gasteiger partial charge in [0.05, 0.1) is 4.90 Å². The second-order valence-electron chi connectivity index (χ2n) is 10.2. The summed E-state index contributed by atoms with van der Waals surface area (Å²) in [6.07, 6.45) is 6.08. The molecule has 1 aliphatic carbocycles. The van der Waals surface area contributed by atoms with Crippen molar-refractivity contribution in [2.75, 3.05) is 19.6 Å². The fourth-order valence-corrected chi connectivity index (χ4v) is 7.20. The third-order valence-electron chi connectivity index (χ3n) is 8.01. The van der Waals surface area contributed by atoms with Crippen molar-refractivity contribution in [3.8, 4) is 0 Å². The zero-order valence-electron chi connectivity index (χ0n) is 18.2. The molecule has 3 fully saturated rings. The number of piperidine rings is 1. The van der Waals surface area contributed by atoms with Crippen LogP contribution in [0, 0.1) is 17.8 Å². The molecule has 0 radical (unpaired) electrons. The first-order chi connectivity index (χ1) is 13.6. The Kier molecular flexibility index (Phi) is 5.10. The Bertz CT molecular complexity index is 918. The Hall–Kier alpha value is -1.40. The molecule has 2 bridgehead atoms. The monoisotopic (exact) mass is 418 g/mol. The van der Waals surface area contributed by atoms with Crippen molar-refractivity contribution in [3.05, 3.63) is 29.3 Å². The third-order valence-corrected chi connectivity index (χ3v) is 10.1. The number of amides is 1. The summed E-state index contributed by atoms with van der Waals surface area (Å²) >= 11 is 0. The van der Waals surface area contributed by atoms with Gasteiger partial charge in [-0.25, -0.2) is 8.42 Å². The van der Waals surface area contributed by atoms with Crippen LogP contribution < -0.4 is 0 Å². The summed E-state index contributed by atoms with van der Waals surface area (Å²) in [5.74, 6) is -0.0217. The summed E-state index contributed by atoms with van der Waals surface area (Å²) in [6, 6.07) is 5.47. The molecule has 0 aromatic heterocycles. The number of carbonyl (C=O) groups excluding carboxylic acids is 1. The number of aryl methyl sites for hydroxylation is 1. The maximum absolute atomic E-state index is 13.4. The first-order valence-corrected chi connectivity index (χ1v) is 12.4. The van der Waals surface area contributed by atoms with Crippen molar-refractivity contribution in [2.24, 2.45) is 10.8 Å². The van der Waals surface area contributed by atoms with Crippen LogP contribution in [0.4, 0.5) is 0 Å². The first-order valence-electron chi connectivity index (χ1n) is 11.0. The van der Waals surface area contributed by atoms with Crippen molar-refractivity contribution < 1.29 is 13.2 Å². The van der Waals surface area contributed by atoms with Crippen LogP contribution in [0.3, 0.4) is 0 Å². The molecule has 1 amide bonds. The molecule has 1 aromatic rings. The van der Waals surface area contributed by atoms with Crippen LogP contribution in [0.5, 0.6) is 0 Å². The highest BCUT2D eigenvalue weighted by Crippen LogP contribution is 2.56. The Morgan fingerprint density at radius 3 is 2.45 bits per heavy atom. The Morgan fingerprint density at radius 2 is 1.79 bits per heavy atom. The molecule has 0 unspecified atom stereocenters. The Balaban J connectivity index is 1.63. The van der Waals surface area contributed by atoms with Crippen molar-refractivity contribution >= 4 is 15.9 Å². The van der Waals surface area contributed by atoms with Crippen molar-refractivity contribution in [2.45, 2.75) is 77.2 Å². The van der Waals surface area contributed by atoms with E-state index in [4.69, 9.17) is 0 Å². The lowest BCUT2D eigenvalue weighted by molar-refractivity contribution is 0.0692. The SMILES string of the molecule is Cc1ccc(C(=O)N2C[C@@]3(C)C[C@@H]2CCC3(C)C)cc1S(=O)(=O)N1CCCCC1. The maximum atomic E-state index is 13.4. The molecule has 3 aliphatic rings. The summed E-state index contributed by atoms with van der Waals surface area (Å²) in [7, 11) is -3.56. The molecule has 2 heterocycles. The van der Waals surface area contributed by atoms with Gasteiger partial charge in [-0.2, -0.15) is 4.31 Å². The van der Waals surface area contributed by atoms with Gasteiger partial charge in [0.2, 0.25) is 10.0 Å². The number of likely N-dealkylation sites (tertiary alicyclic amines) is 1. The fraction of sp³-hybridized carbons (Fsp3) is 0.696. The molecule has 0 N–H and O–H groups in total. The van der Waals surface area contributed by atoms with Gasteiger partial charge in [0.1, 0.15) is 0 Å². The molecule has 160 valence electrons.